The Labute approximate surface area is 189 Å². The lowest BCUT2D eigenvalue weighted by Crippen LogP contribution is -2.55. The molecule has 3 fully saturated rings. The summed E-state index contributed by atoms with van der Waals surface area (Å²) < 4.78 is 16.8. The van der Waals surface area contributed by atoms with E-state index >= 15 is 0 Å². The van der Waals surface area contributed by atoms with Crippen LogP contribution in [0.5, 0.6) is 0 Å². The van der Waals surface area contributed by atoms with Gasteiger partial charge in [-0.2, -0.15) is 0 Å². The van der Waals surface area contributed by atoms with Crippen LogP contribution in [0.2, 0.25) is 0 Å². The highest BCUT2D eigenvalue weighted by Crippen LogP contribution is 2.65. The first kappa shape index (κ1) is 23.3. The zero-order chi connectivity index (χ0) is 23.4. The van der Waals surface area contributed by atoms with Crippen molar-refractivity contribution in [2.24, 2.45) is 28.6 Å². The molecule has 4 rings (SSSR count). The summed E-state index contributed by atoms with van der Waals surface area (Å²) in [6, 6.07) is 0. The zero-order valence-electron chi connectivity index (χ0n) is 19.8. The Hall–Kier alpha value is -1.89. The van der Waals surface area contributed by atoms with Crippen molar-refractivity contribution in [3.8, 4) is 0 Å². The average Bonchev–Trinajstić information content (AvgIpc) is 2.93. The molecule has 0 amide bonds. The number of aliphatic hydroxyl groups excluding tert-OH is 1. The van der Waals surface area contributed by atoms with E-state index in [0.29, 0.717) is 12.8 Å². The Kier molecular flexibility index (Phi) is 5.93. The zero-order valence-corrected chi connectivity index (χ0v) is 19.8. The molecule has 0 aromatic heterocycles. The fraction of sp³-hybridized carbons (Fsp3) is 0.800. The van der Waals surface area contributed by atoms with Gasteiger partial charge in [0.05, 0.1) is 6.10 Å². The molecule has 9 atom stereocenters. The lowest BCUT2D eigenvalue weighted by atomic mass is 9.47. The number of hydrogen-bond donors (Lipinski definition) is 1. The lowest BCUT2D eigenvalue weighted by molar-refractivity contribution is -0.174. The molecule has 0 spiro atoms. The van der Waals surface area contributed by atoms with E-state index in [0.717, 1.165) is 25.7 Å². The van der Waals surface area contributed by atoms with E-state index in [-0.39, 0.29) is 52.6 Å². The fourth-order valence-corrected chi connectivity index (χ4v) is 7.61. The molecule has 0 saturated heterocycles. The van der Waals surface area contributed by atoms with Crippen molar-refractivity contribution >= 4 is 17.9 Å². The molecular formula is C25H36O7. The quantitative estimate of drug-likeness (QED) is 0.402. The Balaban J connectivity index is 1.65. The molecule has 7 heteroatoms. The second-order valence-corrected chi connectivity index (χ2v) is 10.8. The molecule has 4 aliphatic carbocycles. The molecule has 4 unspecified atom stereocenters. The first-order valence-electron chi connectivity index (χ1n) is 11.9. The van der Waals surface area contributed by atoms with Crippen molar-refractivity contribution < 1.29 is 33.7 Å². The summed E-state index contributed by atoms with van der Waals surface area (Å²) in [5.74, 6) is -0.660. The number of ether oxygens (including phenoxy) is 3. The van der Waals surface area contributed by atoms with Crippen molar-refractivity contribution in [2.45, 2.75) is 97.6 Å². The first-order chi connectivity index (χ1) is 15.0. The van der Waals surface area contributed by atoms with Crippen LogP contribution in [0.25, 0.3) is 0 Å². The van der Waals surface area contributed by atoms with Crippen molar-refractivity contribution in [2.75, 3.05) is 0 Å². The van der Waals surface area contributed by atoms with Crippen molar-refractivity contribution in [3.63, 3.8) is 0 Å². The summed E-state index contributed by atoms with van der Waals surface area (Å²) in [6.45, 7) is 8.62. The summed E-state index contributed by atoms with van der Waals surface area (Å²) in [5.41, 5.74) is 0.779. The number of rotatable bonds is 3. The molecule has 32 heavy (non-hydrogen) atoms. The number of carbonyl (C=O) groups excluding carboxylic acids is 3. The SMILES string of the molecule is CC(=O)O[C@@H]1CC[C@@]2(C)C(=CC(O)C3C2CC[C@@]2(C)C3C[C@@H](OC(C)=O)[C@@H]2OC(C)=O)C1. The monoisotopic (exact) mass is 448 g/mol. The van der Waals surface area contributed by atoms with Gasteiger partial charge >= 0.3 is 17.9 Å². The third-order valence-corrected chi connectivity index (χ3v) is 8.94. The second-order valence-electron chi connectivity index (χ2n) is 10.8. The summed E-state index contributed by atoms with van der Waals surface area (Å²) in [6.07, 6.45) is 4.98. The summed E-state index contributed by atoms with van der Waals surface area (Å²) in [7, 11) is 0. The molecule has 0 bridgehead atoms. The predicted octanol–water partition coefficient (Wildman–Crippen LogP) is 3.33. The maximum absolute atomic E-state index is 11.9. The van der Waals surface area contributed by atoms with Gasteiger partial charge in [0.2, 0.25) is 0 Å². The molecule has 4 aliphatic rings. The highest BCUT2D eigenvalue weighted by atomic mass is 16.6. The van der Waals surface area contributed by atoms with Crippen LogP contribution in [0.1, 0.15) is 73.1 Å². The number of esters is 3. The Morgan fingerprint density at radius 1 is 0.938 bits per heavy atom. The van der Waals surface area contributed by atoms with Gasteiger partial charge in [0.25, 0.3) is 0 Å². The van der Waals surface area contributed by atoms with Crippen LogP contribution in [0.15, 0.2) is 11.6 Å². The Morgan fingerprint density at radius 2 is 1.59 bits per heavy atom. The number of hydrogen-bond acceptors (Lipinski definition) is 7. The van der Waals surface area contributed by atoms with Crippen LogP contribution in [-0.4, -0.2) is 47.4 Å². The fourth-order valence-electron chi connectivity index (χ4n) is 7.61. The highest BCUT2D eigenvalue weighted by Gasteiger charge is 2.65. The van der Waals surface area contributed by atoms with E-state index < -0.39 is 18.3 Å². The molecule has 3 saturated carbocycles. The molecule has 7 nitrogen and oxygen atoms in total. The van der Waals surface area contributed by atoms with Gasteiger partial charge in [-0.3, -0.25) is 14.4 Å². The number of fused-ring (bicyclic) bond motifs is 5. The minimum atomic E-state index is -0.627. The molecule has 0 aromatic rings. The number of aliphatic hydroxyl groups is 1. The van der Waals surface area contributed by atoms with Crippen molar-refractivity contribution in [3.05, 3.63) is 11.6 Å². The smallest absolute Gasteiger partial charge is 0.303 e. The normalized spacial score (nSPS) is 44.9. The third-order valence-electron chi connectivity index (χ3n) is 8.94. The minimum Gasteiger partial charge on any atom is -0.462 e. The highest BCUT2D eigenvalue weighted by molar-refractivity contribution is 5.67. The second kappa shape index (κ2) is 8.15. The predicted molar refractivity (Wildman–Crippen MR) is 115 cm³/mol. The van der Waals surface area contributed by atoms with Gasteiger partial charge in [0.1, 0.15) is 18.3 Å². The van der Waals surface area contributed by atoms with E-state index in [9.17, 15) is 19.5 Å². The van der Waals surface area contributed by atoms with E-state index in [4.69, 9.17) is 14.2 Å². The van der Waals surface area contributed by atoms with Gasteiger partial charge in [-0.05, 0) is 55.3 Å². The third kappa shape index (κ3) is 3.76. The van der Waals surface area contributed by atoms with Gasteiger partial charge in [-0.15, -0.1) is 0 Å². The van der Waals surface area contributed by atoms with Gasteiger partial charge in [0, 0.05) is 32.6 Å². The van der Waals surface area contributed by atoms with Crippen LogP contribution in [0.4, 0.5) is 0 Å². The van der Waals surface area contributed by atoms with E-state index in [1.54, 1.807) is 0 Å². The van der Waals surface area contributed by atoms with Crippen molar-refractivity contribution in [1.29, 1.82) is 0 Å². The molecular weight excluding hydrogens is 412 g/mol. The molecule has 1 N–H and O–H groups in total. The molecule has 178 valence electrons. The van der Waals surface area contributed by atoms with Crippen LogP contribution in [0.3, 0.4) is 0 Å². The van der Waals surface area contributed by atoms with Crippen LogP contribution in [-0.2, 0) is 28.6 Å². The topological polar surface area (TPSA) is 99.1 Å². The Morgan fingerprint density at radius 3 is 2.22 bits per heavy atom. The molecule has 0 radical (unpaired) electrons. The summed E-state index contributed by atoms with van der Waals surface area (Å²) in [4.78, 5) is 35.1. The van der Waals surface area contributed by atoms with Gasteiger partial charge in [-0.1, -0.05) is 25.5 Å². The standard InChI is InChI=1S/C25H36O7/c1-13(26)30-17-6-8-24(4)16(10-17)11-20(29)22-18(24)7-9-25(5)19(22)12-21(31-14(2)27)23(25)32-15(3)28/h11,17-23,29H,6-10,12H2,1-5H3/t17-,18?,19?,20?,21-,22?,23+,24+,25+/m1/s1. The van der Waals surface area contributed by atoms with E-state index in [1.165, 1.54) is 26.3 Å². The molecule has 0 heterocycles. The maximum Gasteiger partial charge on any atom is 0.303 e. The minimum absolute atomic E-state index is 0.00592. The number of carbonyl (C=O) groups is 3. The van der Waals surface area contributed by atoms with Crippen LogP contribution < -0.4 is 0 Å². The van der Waals surface area contributed by atoms with E-state index in [2.05, 4.69) is 13.8 Å². The van der Waals surface area contributed by atoms with Gasteiger partial charge in [-0.25, -0.2) is 0 Å². The summed E-state index contributed by atoms with van der Waals surface area (Å²) >= 11 is 0. The van der Waals surface area contributed by atoms with E-state index in [1.807, 2.05) is 6.08 Å². The largest absolute Gasteiger partial charge is 0.462 e. The van der Waals surface area contributed by atoms with Crippen LogP contribution >= 0.6 is 0 Å². The molecule has 0 aromatic carbocycles. The first-order valence-corrected chi connectivity index (χ1v) is 11.9. The van der Waals surface area contributed by atoms with Crippen molar-refractivity contribution in [1.82, 2.24) is 0 Å². The van der Waals surface area contributed by atoms with Gasteiger partial charge < -0.3 is 19.3 Å². The lowest BCUT2D eigenvalue weighted by Gasteiger charge is -2.58. The van der Waals surface area contributed by atoms with Crippen LogP contribution in [0, 0.1) is 28.6 Å². The maximum atomic E-state index is 11.9. The Bertz CT molecular complexity index is 834. The summed E-state index contributed by atoms with van der Waals surface area (Å²) in [5, 5.41) is 11.3. The molecule has 0 aliphatic heterocycles. The van der Waals surface area contributed by atoms with Gasteiger partial charge in [0.15, 0.2) is 0 Å². The average molecular weight is 449 g/mol.